The zero-order chi connectivity index (χ0) is 15.8. The highest BCUT2D eigenvalue weighted by Gasteiger charge is 2.08. The number of aryl methyl sites for hydroxylation is 2. The number of hydrogen-bond donors (Lipinski definition) is 2. The first-order valence-corrected chi connectivity index (χ1v) is 8.23. The highest BCUT2D eigenvalue weighted by atomic mass is 15.1. The van der Waals surface area contributed by atoms with Crippen molar-refractivity contribution in [2.45, 2.75) is 46.5 Å². The molecule has 0 spiro atoms. The average molecular weight is 298 g/mol. The van der Waals surface area contributed by atoms with Crippen LogP contribution in [0.1, 0.15) is 44.7 Å². The van der Waals surface area contributed by atoms with Crippen LogP contribution in [0.15, 0.2) is 30.5 Å². The summed E-state index contributed by atoms with van der Waals surface area (Å²) in [4.78, 5) is 8.91. The second-order valence-electron chi connectivity index (χ2n) is 5.33. The Labute approximate surface area is 133 Å². The molecule has 1 heterocycles. The Balaban J connectivity index is 2.18. The largest absolute Gasteiger partial charge is 0.370 e. The van der Waals surface area contributed by atoms with E-state index in [9.17, 15) is 0 Å². The van der Waals surface area contributed by atoms with Crippen molar-refractivity contribution < 1.29 is 0 Å². The van der Waals surface area contributed by atoms with Gasteiger partial charge in [-0.1, -0.05) is 45.4 Å². The van der Waals surface area contributed by atoms with Crippen LogP contribution in [-0.2, 0) is 12.8 Å². The molecule has 0 saturated heterocycles. The fourth-order valence-corrected chi connectivity index (χ4v) is 2.43. The predicted octanol–water partition coefficient (Wildman–Crippen LogP) is 4.56. The van der Waals surface area contributed by atoms with Gasteiger partial charge in [-0.2, -0.15) is 4.98 Å². The molecule has 0 bridgehead atoms. The molecule has 2 aromatic rings. The van der Waals surface area contributed by atoms with E-state index >= 15 is 0 Å². The lowest BCUT2D eigenvalue weighted by Gasteiger charge is -2.14. The van der Waals surface area contributed by atoms with Crippen molar-refractivity contribution in [3.8, 4) is 0 Å². The molecule has 0 saturated carbocycles. The van der Waals surface area contributed by atoms with Gasteiger partial charge in [0.05, 0.1) is 0 Å². The first kappa shape index (κ1) is 16.3. The van der Waals surface area contributed by atoms with Gasteiger partial charge in [0.25, 0.3) is 0 Å². The van der Waals surface area contributed by atoms with Gasteiger partial charge in [0.15, 0.2) is 0 Å². The molecular weight excluding hydrogens is 272 g/mol. The maximum Gasteiger partial charge on any atom is 0.229 e. The van der Waals surface area contributed by atoms with Crippen LogP contribution in [0.2, 0.25) is 0 Å². The third-order valence-electron chi connectivity index (χ3n) is 3.73. The molecule has 2 rings (SSSR count). The van der Waals surface area contributed by atoms with E-state index in [1.807, 2.05) is 6.07 Å². The van der Waals surface area contributed by atoms with Crippen LogP contribution >= 0.6 is 0 Å². The van der Waals surface area contributed by atoms with Gasteiger partial charge in [0, 0.05) is 18.4 Å². The third kappa shape index (κ3) is 4.20. The normalized spacial score (nSPS) is 10.5. The van der Waals surface area contributed by atoms with Crippen LogP contribution in [0.25, 0.3) is 0 Å². The number of anilines is 3. The van der Waals surface area contributed by atoms with Crippen molar-refractivity contribution in [1.29, 1.82) is 0 Å². The Bertz CT molecular complexity index is 573. The van der Waals surface area contributed by atoms with Gasteiger partial charge in [-0.25, -0.2) is 4.98 Å². The summed E-state index contributed by atoms with van der Waals surface area (Å²) < 4.78 is 0. The minimum atomic E-state index is 0.650. The van der Waals surface area contributed by atoms with Crippen LogP contribution < -0.4 is 10.6 Å². The van der Waals surface area contributed by atoms with Gasteiger partial charge >= 0.3 is 0 Å². The van der Waals surface area contributed by atoms with Gasteiger partial charge in [-0.3, -0.25) is 0 Å². The number of para-hydroxylation sites is 1. The summed E-state index contributed by atoms with van der Waals surface area (Å²) in [5.41, 5.74) is 3.75. The van der Waals surface area contributed by atoms with Gasteiger partial charge in [0.1, 0.15) is 5.82 Å². The summed E-state index contributed by atoms with van der Waals surface area (Å²) in [6.07, 6.45) is 6.09. The fraction of sp³-hybridized carbons (Fsp3) is 0.444. The summed E-state index contributed by atoms with van der Waals surface area (Å²) in [5, 5.41) is 6.75. The van der Waals surface area contributed by atoms with Crippen LogP contribution in [0, 0.1) is 0 Å². The van der Waals surface area contributed by atoms with Gasteiger partial charge in [-0.15, -0.1) is 0 Å². The third-order valence-corrected chi connectivity index (χ3v) is 3.73. The summed E-state index contributed by atoms with van der Waals surface area (Å²) >= 11 is 0. The molecule has 118 valence electrons. The van der Waals surface area contributed by atoms with Crippen LogP contribution in [0.4, 0.5) is 17.5 Å². The van der Waals surface area contributed by atoms with E-state index < -0.39 is 0 Å². The molecule has 0 unspecified atom stereocenters. The topological polar surface area (TPSA) is 49.8 Å². The van der Waals surface area contributed by atoms with Crippen molar-refractivity contribution in [3.05, 3.63) is 41.6 Å². The summed E-state index contributed by atoms with van der Waals surface area (Å²) in [6.45, 7) is 7.47. The number of nitrogens with zero attached hydrogens (tertiary/aromatic N) is 2. The molecule has 0 aliphatic carbocycles. The summed E-state index contributed by atoms with van der Waals surface area (Å²) in [5.74, 6) is 1.52. The molecule has 0 radical (unpaired) electrons. The standard InChI is InChI=1S/C18H26N4/c1-4-7-12-19-16-11-13-20-18(21-16)22-17-14(5-2)9-8-10-15(17)6-3/h8-11,13H,4-7,12H2,1-3H3,(H2,19,20,21,22). The van der Waals surface area contributed by atoms with Crippen molar-refractivity contribution in [2.75, 3.05) is 17.2 Å². The number of aromatic nitrogens is 2. The Kier molecular flexibility index (Phi) is 6.19. The second-order valence-corrected chi connectivity index (χ2v) is 5.33. The SMILES string of the molecule is CCCCNc1ccnc(Nc2c(CC)cccc2CC)n1. The van der Waals surface area contributed by atoms with E-state index in [1.54, 1.807) is 6.20 Å². The number of nitrogens with one attached hydrogen (secondary N) is 2. The van der Waals surface area contributed by atoms with Crippen molar-refractivity contribution in [3.63, 3.8) is 0 Å². The molecule has 1 aromatic carbocycles. The zero-order valence-electron chi connectivity index (χ0n) is 13.8. The summed E-state index contributed by atoms with van der Waals surface area (Å²) in [6, 6.07) is 8.34. The molecule has 4 nitrogen and oxygen atoms in total. The lowest BCUT2D eigenvalue weighted by Crippen LogP contribution is -2.07. The lowest BCUT2D eigenvalue weighted by atomic mass is 10.0. The van der Waals surface area contributed by atoms with Crippen LogP contribution in [-0.4, -0.2) is 16.5 Å². The molecule has 2 N–H and O–H groups in total. The number of unbranched alkanes of at least 4 members (excludes halogenated alkanes) is 1. The number of benzene rings is 1. The van der Waals surface area contributed by atoms with Gasteiger partial charge in [0.2, 0.25) is 5.95 Å². The monoisotopic (exact) mass is 298 g/mol. The van der Waals surface area contributed by atoms with E-state index in [2.05, 4.69) is 59.6 Å². The highest BCUT2D eigenvalue weighted by molar-refractivity contribution is 5.64. The fourth-order valence-electron chi connectivity index (χ4n) is 2.43. The number of hydrogen-bond acceptors (Lipinski definition) is 4. The summed E-state index contributed by atoms with van der Waals surface area (Å²) in [7, 11) is 0. The minimum Gasteiger partial charge on any atom is -0.370 e. The smallest absolute Gasteiger partial charge is 0.229 e. The van der Waals surface area contributed by atoms with Crippen LogP contribution in [0.3, 0.4) is 0 Å². The van der Waals surface area contributed by atoms with Crippen molar-refractivity contribution >= 4 is 17.5 Å². The molecule has 0 amide bonds. The maximum atomic E-state index is 4.56. The second kappa shape index (κ2) is 8.37. The molecule has 4 heteroatoms. The van der Waals surface area contributed by atoms with E-state index in [1.165, 1.54) is 17.5 Å². The van der Waals surface area contributed by atoms with Crippen LogP contribution in [0.5, 0.6) is 0 Å². The quantitative estimate of drug-likeness (QED) is 0.702. The maximum absolute atomic E-state index is 4.56. The van der Waals surface area contributed by atoms with Gasteiger partial charge in [-0.05, 0) is 36.5 Å². The molecule has 0 aliphatic heterocycles. The molecule has 22 heavy (non-hydrogen) atoms. The van der Waals surface area contributed by atoms with E-state index in [-0.39, 0.29) is 0 Å². The van der Waals surface area contributed by atoms with Gasteiger partial charge < -0.3 is 10.6 Å². The molecule has 0 fully saturated rings. The minimum absolute atomic E-state index is 0.650. The van der Waals surface area contributed by atoms with E-state index in [0.717, 1.165) is 37.3 Å². The molecular formula is C18H26N4. The zero-order valence-corrected chi connectivity index (χ0v) is 13.8. The Hall–Kier alpha value is -2.10. The lowest BCUT2D eigenvalue weighted by molar-refractivity contribution is 0.830. The highest BCUT2D eigenvalue weighted by Crippen LogP contribution is 2.25. The van der Waals surface area contributed by atoms with E-state index in [4.69, 9.17) is 0 Å². The predicted molar refractivity (Wildman–Crippen MR) is 93.9 cm³/mol. The first-order chi connectivity index (χ1) is 10.8. The number of rotatable bonds is 8. The Morgan fingerprint density at radius 1 is 1.00 bits per heavy atom. The Morgan fingerprint density at radius 2 is 1.73 bits per heavy atom. The molecule has 1 aromatic heterocycles. The van der Waals surface area contributed by atoms with E-state index in [0.29, 0.717) is 5.95 Å². The average Bonchev–Trinajstić information content (AvgIpc) is 2.55. The first-order valence-electron chi connectivity index (χ1n) is 8.23. The van der Waals surface area contributed by atoms with Crippen molar-refractivity contribution in [2.24, 2.45) is 0 Å². The molecule has 0 aliphatic rings. The molecule has 0 atom stereocenters. The van der Waals surface area contributed by atoms with Crippen molar-refractivity contribution in [1.82, 2.24) is 9.97 Å². The Morgan fingerprint density at radius 3 is 2.36 bits per heavy atom.